The molecule has 3 N–H and O–H groups in total. The number of nitrogens with zero attached hydrogens (tertiary/aromatic N) is 1. The number of piperidine rings is 1. The van der Waals surface area contributed by atoms with E-state index in [2.05, 4.69) is 4.90 Å². The molecule has 2 atom stereocenters. The molecule has 3 nitrogen and oxygen atoms in total. The third-order valence-electron chi connectivity index (χ3n) is 3.58. The van der Waals surface area contributed by atoms with Crippen LogP contribution in [0.2, 0.25) is 0 Å². The number of benzene rings is 1. The highest BCUT2D eigenvalue weighted by Gasteiger charge is 2.33. The number of phenols is 1. The zero-order chi connectivity index (χ0) is 10.4. The Morgan fingerprint density at radius 2 is 2.27 bits per heavy atom. The van der Waals surface area contributed by atoms with E-state index in [0.717, 1.165) is 25.8 Å². The molecule has 2 heterocycles. The van der Waals surface area contributed by atoms with Gasteiger partial charge >= 0.3 is 0 Å². The van der Waals surface area contributed by atoms with Crippen LogP contribution in [-0.4, -0.2) is 23.7 Å². The van der Waals surface area contributed by atoms with E-state index in [1.165, 1.54) is 11.3 Å². The maximum Gasteiger partial charge on any atom is 0.116 e. The standard InChI is InChI=1S/C12H16N2O/c13-9-3-4-14-10(7-9)5-8-6-11(15)1-2-12(8)14/h1-2,6,9-10,15H,3-5,7,13H2. The minimum absolute atomic E-state index is 0.356. The van der Waals surface area contributed by atoms with Crippen molar-refractivity contribution >= 4 is 5.69 Å². The first-order chi connectivity index (χ1) is 7.24. The Kier molecular flexibility index (Phi) is 1.89. The van der Waals surface area contributed by atoms with Gasteiger partial charge in [0.25, 0.3) is 0 Å². The normalized spacial score (nSPS) is 28.7. The molecule has 0 amide bonds. The van der Waals surface area contributed by atoms with E-state index >= 15 is 0 Å². The molecule has 0 spiro atoms. The molecule has 15 heavy (non-hydrogen) atoms. The summed E-state index contributed by atoms with van der Waals surface area (Å²) in [6.45, 7) is 1.06. The fourth-order valence-electron chi connectivity index (χ4n) is 2.86. The molecule has 1 fully saturated rings. The predicted molar refractivity (Wildman–Crippen MR) is 60.2 cm³/mol. The lowest BCUT2D eigenvalue weighted by Gasteiger charge is -2.35. The summed E-state index contributed by atoms with van der Waals surface area (Å²) >= 11 is 0. The molecular weight excluding hydrogens is 188 g/mol. The Bertz CT molecular complexity index is 391. The average Bonchev–Trinajstić information content (AvgIpc) is 2.53. The molecule has 0 bridgehead atoms. The largest absolute Gasteiger partial charge is 0.508 e. The Morgan fingerprint density at radius 1 is 1.40 bits per heavy atom. The summed E-state index contributed by atoms with van der Waals surface area (Å²) in [5.74, 6) is 0.373. The lowest BCUT2D eigenvalue weighted by molar-refractivity contribution is 0.425. The number of hydrogen-bond acceptors (Lipinski definition) is 3. The van der Waals surface area contributed by atoms with Gasteiger partial charge in [-0.1, -0.05) is 0 Å². The van der Waals surface area contributed by atoms with Gasteiger partial charge in [-0.15, -0.1) is 0 Å². The molecule has 1 aromatic rings. The third-order valence-corrected chi connectivity index (χ3v) is 3.58. The zero-order valence-electron chi connectivity index (χ0n) is 8.69. The van der Waals surface area contributed by atoms with Gasteiger partial charge in [-0.3, -0.25) is 0 Å². The Hall–Kier alpha value is -1.22. The van der Waals surface area contributed by atoms with E-state index < -0.39 is 0 Å². The first-order valence-corrected chi connectivity index (χ1v) is 5.58. The van der Waals surface area contributed by atoms with Gasteiger partial charge in [0.15, 0.2) is 0 Å². The first-order valence-electron chi connectivity index (χ1n) is 5.58. The van der Waals surface area contributed by atoms with Crippen LogP contribution in [0.3, 0.4) is 0 Å². The van der Waals surface area contributed by atoms with Crippen molar-refractivity contribution in [2.45, 2.75) is 31.3 Å². The van der Waals surface area contributed by atoms with Crippen molar-refractivity contribution in [2.75, 3.05) is 11.4 Å². The Labute approximate surface area is 89.5 Å². The summed E-state index contributed by atoms with van der Waals surface area (Å²) < 4.78 is 0. The van der Waals surface area contributed by atoms with Gasteiger partial charge in [0.05, 0.1) is 0 Å². The van der Waals surface area contributed by atoms with E-state index in [4.69, 9.17) is 5.73 Å². The van der Waals surface area contributed by atoms with Crippen LogP contribution in [-0.2, 0) is 6.42 Å². The highest BCUT2D eigenvalue weighted by Crippen LogP contribution is 2.38. The van der Waals surface area contributed by atoms with Gasteiger partial charge in [0.1, 0.15) is 5.75 Å². The van der Waals surface area contributed by atoms with Crippen LogP contribution in [0.25, 0.3) is 0 Å². The maximum atomic E-state index is 9.44. The number of phenolic OH excluding ortho intramolecular Hbond substituents is 1. The van der Waals surface area contributed by atoms with Gasteiger partial charge in [-0.25, -0.2) is 0 Å². The van der Waals surface area contributed by atoms with E-state index in [1.807, 2.05) is 12.1 Å². The van der Waals surface area contributed by atoms with Crippen molar-refractivity contribution in [1.29, 1.82) is 0 Å². The minimum Gasteiger partial charge on any atom is -0.508 e. The molecular formula is C12H16N2O. The molecule has 1 aromatic carbocycles. The number of aromatic hydroxyl groups is 1. The number of hydrogen-bond donors (Lipinski definition) is 2. The summed E-state index contributed by atoms with van der Waals surface area (Å²) in [5.41, 5.74) is 8.55. The maximum absolute atomic E-state index is 9.44. The molecule has 0 saturated carbocycles. The summed E-state index contributed by atoms with van der Waals surface area (Å²) in [6, 6.07) is 6.61. The molecule has 3 heteroatoms. The zero-order valence-corrected chi connectivity index (χ0v) is 8.69. The van der Waals surface area contributed by atoms with E-state index in [-0.39, 0.29) is 0 Å². The number of nitrogens with two attached hydrogens (primary N) is 1. The van der Waals surface area contributed by atoms with E-state index in [9.17, 15) is 5.11 Å². The van der Waals surface area contributed by atoms with Crippen LogP contribution in [0.5, 0.6) is 5.75 Å². The van der Waals surface area contributed by atoms with Gasteiger partial charge in [0, 0.05) is 24.3 Å². The second-order valence-corrected chi connectivity index (χ2v) is 4.65. The summed E-state index contributed by atoms with van der Waals surface area (Å²) in [7, 11) is 0. The second-order valence-electron chi connectivity index (χ2n) is 4.65. The Morgan fingerprint density at radius 3 is 3.13 bits per heavy atom. The molecule has 2 aliphatic heterocycles. The van der Waals surface area contributed by atoms with Crippen LogP contribution in [0.1, 0.15) is 18.4 Å². The van der Waals surface area contributed by atoms with Gasteiger partial charge in [0.2, 0.25) is 0 Å². The first kappa shape index (κ1) is 9.04. The van der Waals surface area contributed by atoms with Crippen molar-refractivity contribution in [1.82, 2.24) is 0 Å². The molecule has 3 rings (SSSR count). The van der Waals surface area contributed by atoms with Crippen LogP contribution >= 0.6 is 0 Å². The third kappa shape index (κ3) is 1.38. The van der Waals surface area contributed by atoms with Crippen molar-refractivity contribution in [3.8, 4) is 5.75 Å². The molecule has 2 unspecified atom stereocenters. The molecule has 80 valence electrons. The lowest BCUT2D eigenvalue weighted by Crippen LogP contribution is -2.45. The van der Waals surface area contributed by atoms with E-state index in [1.54, 1.807) is 6.07 Å². The molecule has 0 aliphatic carbocycles. The minimum atomic E-state index is 0.356. The molecule has 2 aliphatic rings. The monoisotopic (exact) mass is 204 g/mol. The number of fused-ring (bicyclic) bond motifs is 3. The predicted octanol–water partition coefficient (Wildman–Crippen LogP) is 1.24. The number of anilines is 1. The van der Waals surface area contributed by atoms with Crippen molar-refractivity contribution in [3.05, 3.63) is 23.8 Å². The summed E-state index contributed by atoms with van der Waals surface area (Å²) in [4.78, 5) is 2.44. The summed E-state index contributed by atoms with van der Waals surface area (Å²) in [6.07, 6.45) is 3.20. The fourth-order valence-corrected chi connectivity index (χ4v) is 2.86. The molecule has 0 radical (unpaired) electrons. The summed E-state index contributed by atoms with van der Waals surface area (Å²) in [5, 5.41) is 9.44. The van der Waals surface area contributed by atoms with E-state index in [0.29, 0.717) is 17.8 Å². The highest BCUT2D eigenvalue weighted by atomic mass is 16.3. The van der Waals surface area contributed by atoms with Crippen molar-refractivity contribution in [2.24, 2.45) is 5.73 Å². The van der Waals surface area contributed by atoms with Crippen LogP contribution in [0.4, 0.5) is 5.69 Å². The highest BCUT2D eigenvalue weighted by molar-refractivity contribution is 5.61. The molecule has 0 aromatic heterocycles. The number of rotatable bonds is 0. The van der Waals surface area contributed by atoms with Gasteiger partial charge in [-0.05, 0) is 43.0 Å². The molecule has 1 saturated heterocycles. The fraction of sp³-hybridized carbons (Fsp3) is 0.500. The van der Waals surface area contributed by atoms with Crippen LogP contribution in [0, 0.1) is 0 Å². The van der Waals surface area contributed by atoms with Crippen molar-refractivity contribution < 1.29 is 5.11 Å². The SMILES string of the molecule is NC1CCN2c3ccc(O)cc3CC2C1. The quantitative estimate of drug-likeness (QED) is 0.668. The second kappa shape index (κ2) is 3.14. The van der Waals surface area contributed by atoms with Crippen molar-refractivity contribution in [3.63, 3.8) is 0 Å². The van der Waals surface area contributed by atoms with Crippen LogP contribution in [0.15, 0.2) is 18.2 Å². The van der Waals surface area contributed by atoms with Gasteiger partial charge in [-0.2, -0.15) is 0 Å². The van der Waals surface area contributed by atoms with Crippen LogP contribution < -0.4 is 10.6 Å². The smallest absolute Gasteiger partial charge is 0.116 e. The Balaban J connectivity index is 1.95. The lowest BCUT2D eigenvalue weighted by atomic mass is 9.97. The topological polar surface area (TPSA) is 49.5 Å². The van der Waals surface area contributed by atoms with Gasteiger partial charge < -0.3 is 15.7 Å². The average molecular weight is 204 g/mol.